The number of likely N-dealkylation sites (tertiary alicyclic amines) is 1. The fourth-order valence-electron chi connectivity index (χ4n) is 4.22. The first-order valence-corrected chi connectivity index (χ1v) is 10.2. The number of carboxylic acid groups (broad SMARTS) is 1. The lowest BCUT2D eigenvalue weighted by atomic mass is 9.72. The maximum absolute atomic E-state index is 12.4. The van der Waals surface area contributed by atoms with Gasteiger partial charge in [-0.05, 0) is 43.9 Å². The third-order valence-electron chi connectivity index (χ3n) is 5.98. The zero-order valence-corrected chi connectivity index (χ0v) is 17.5. The molecule has 0 saturated carbocycles. The number of aliphatic carboxylic acids is 1. The minimum atomic E-state index is -1.25. The van der Waals surface area contributed by atoms with Crippen LogP contribution < -0.4 is 4.74 Å². The summed E-state index contributed by atoms with van der Waals surface area (Å²) in [6.45, 7) is 6.63. The number of methoxy groups -OCH3 is 1. The fraction of sp³-hybridized carbons (Fsp3) is 0.545. The SMILES string of the molecule is CCCn1ncc(CN2CC[C@H](O)[C@](Cc3cccc(OC)c3)(C(=O)O)C2)c1C. The zero-order chi connectivity index (χ0) is 21.0. The molecule has 0 amide bonds. The van der Waals surface area contributed by atoms with E-state index < -0.39 is 17.5 Å². The summed E-state index contributed by atoms with van der Waals surface area (Å²) in [5.41, 5.74) is 1.82. The molecule has 29 heavy (non-hydrogen) atoms. The molecule has 1 aromatic carbocycles. The molecule has 0 unspecified atom stereocenters. The van der Waals surface area contributed by atoms with Crippen LogP contribution >= 0.6 is 0 Å². The largest absolute Gasteiger partial charge is 0.497 e. The molecular weight excluding hydrogens is 370 g/mol. The van der Waals surface area contributed by atoms with Crippen LogP contribution in [0.4, 0.5) is 0 Å². The normalized spacial score (nSPS) is 22.6. The van der Waals surface area contributed by atoms with E-state index in [-0.39, 0.29) is 6.42 Å². The van der Waals surface area contributed by atoms with Gasteiger partial charge >= 0.3 is 5.97 Å². The topological polar surface area (TPSA) is 87.8 Å². The van der Waals surface area contributed by atoms with Crippen molar-refractivity contribution in [3.8, 4) is 5.75 Å². The Hall–Kier alpha value is -2.38. The highest BCUT2D eigenvalue weighted by atomic mass is 16.5. The van der Waals surface area contributed by atoms with Gasteiger partial charge in [-0.25, -0.2) is 0 Å². The molecular formula is C22H31N3O4. The van der Waals surface area contributed by atoms with Gasteiger partial charge in [0, 0.05) is 37.4 Å². The maximum Gasteiger partial charge on any atom is 0.313 e. The number of rotatable bonds is 8. The molecule has 158 valence electrons. The lowest BCUT2D eigenvalue weighted by Crippen LogP contribution is -2.56. The van der Waals surface area contributed by atoms with Crippen LogP contribution in [0.2, 0.25) is 0 Å². The highest BCUT2D eigenvalue weighted by Gasteiger charge is 2.49. The summed E-state index contributed by atoms with van der Waals surface area (Å²) >= 11 is 0. The van der Waals surface area contributed by atoms with E-state index in [0.29, 0.717) is 31.8 Å². The molecule has 1 saturated heterocycles. The van der Waals surface area contributed by atoms with Crippen molar-refractivity contribution < 1.29 is 19.7 Å². The monoisotopic (exact) mass is 401 g/mol. The second-order valence-corrected chi connectivity index (χ2v) is 7.98. The van der Waals surface area contributed by atoms with Crippen LogP contribution in [0.5, 0.6) is 5.75 Å². The molecule has 2 heterocycles. The van der Waals surface area contributed by atoms with Gasteiger partial charge < -0.3 is 14.9 Å². The van der Waals surface area contributed by atoms with Crippen molar-refractivity contribution in [3.63, 3.8) is 0 Å². The quantitative estimate of drug-likeness (QED) is 0.707. The summed E-state index contributed by atoms with van der Waals surface area (Å²) in [5, 5.41) is 25.3. The third-order valence-corrected chi connectivity index (χ3v) is 5.98. The Morgan fingerprint density at radius 3 is 2.90 bits per heavy atom. The third kappa shape index (κ3) is 4.46. The van der Waals surface area contributed by atoms with Crippen molar-refractivity contribution in [2.24, 2.45) is 5.41 Å². The Morgan fingerprint density at radius 1 is 1.41 bits per heavy atom. The second kappa shape index (κ2) is 8.97. The number of ether oxygens (including phenoxy) is 1. The van der Waals surface area contributed by atoms with Crippen molar-refractivity contribution >= 4 is 5.97 Å². The van der Waals surface area contributed by atoms with Gasteiger partial charge in [0.05, 0.1) is 19.4 Å². The number of benzene rings is 1. The molecule has 0 spiro atoms. The van der Waals surface area contributed by atoms with Crippen LogP contribution in [0, 0.1) is 12.3 Å². The predicted octanol–water partition coefficient (Wildman–Crippen LogP) is 2.49. The highest BCUT2D eigenvalue weighted by molar-refractivity contribution is 5.76. The van der Waals surface area contributed by atoms with Crippen LogP contribution in [0.25, 0.3) is 0 Å². The molecule has 1 fully saturated rings. The number of aromatic nitrogens is 2. The van der Waals surface area contributed by atoms with Crippen molar-refractivity contribution in [2.75, 3.05) is 20.2 Å². The van der Waals surface area contributed by atoms with Gasteiger partial charge in [-0.3, -0.25) is 14.4 Å². The minimum absolute atomic E-state index is 0.255. The number of aliphatic hydroxyl groups excluding tert-OH is 1. The van der Waals surface area contributed by atoms with Crippen molar-refractivity contribution in [3.05, 3.63) is 47.3 Å². The summed E-state index contributed by atoms with van der Waals surface area (Å²) in [7, 11) is 1.59. The number of nitrogens with zero attached hydrogens (tertiary/aromatic N) is 3. The predicted molar refractivity (Wildman–Crippen MR) is 110 cm³/mol. The Morgan fingerprint density at radius 2 is 2.21 bits per heavy atom. The van der Waals surface area contributed by atoms with Gasteiger partial charge in [0.1, 0.15) is 11.2 Å². The smallest absolute Gasteiger partial charge is 0.313 e. The Kier molecular flexibility index (Phi) is 6.59. The van der Waals surface area contributed by atoms with E-state index in [0.717, 1.165) is 29.8 Å². The fourth-order valence-corrected chi connectivity index (χ4v) is 4.22. The van der Waals surface area contributed by atoms with Crippen LogP contribution in [0.1, 0.15) is 36.6 Å². The maximum atomic E-state index is 12.4. The lowest BCUT2D eigenvalue weighted by molar-refractivity contribution is -0.163. The molecule has 1 aliphatic rings. The van der Waals surface area contributed by atoms with Crippen LogP contribution in [-0.2, 0) is 24.3 Å². The Balaban J connectivity index is 1.82. The van der Waals surface area contributed by atoms with Crippen LogP contribution in [0.15, 0.2) is 30.5 Å². The molecule has 2 atom stereocenters. The first-order chi connectivity index (χ1) is 13.9. The number of carboxylic acids is 1. The standard InChI is InChI=1S/C22H31N3O4/c1-4-9-25-16(2)18(13-23-25)14-24-10-8-20(26)22(15-24,21(27)28)12-17-6-5-7-19(11-17)29-3/h5-7,11,13,20,26H,4,8-10,12,14-15H2,1-3H3,(H,27,28)/t20-,22+/m0/s1. The molecule has 0 aliphatic carbocycles. The van der Waals surface area contributed by atoms with Gasteiger partial charge in [-0.1, -0.05) is 19.1 Å². The van der Waals surface area contributed by atoms with Crippen molar-refractivity contribution in [1.29, 1.82) is 0 Å². The second-order valence-electron chi connectivity index (χ2n) is 7.98. The van der Waals surface area contributed by atoms with E-state index in [1.165, 1.54) is 0 Å². The molecule has 0 bridgehead atoms. The number of aryl methyl sites for hydroxylation is 1. The minimum Gasteiger partial charge on any atom is -0.497 e. The van der Waals surface area contributed by atoms with E-state index >= 15 is 0 Å². The molecule has 2 N–H and O–H groups in total. The molecule has 7 nitrogen and oxygen atoms in total. The van der Waals surface area contributed by atoms with Gasteiger partial charge in [-0.15, -0.1) is 0 Å². The number of carbonyl (C=O) groups is 1. The summed E-state index contributed by atoms with van der Waals surface area (Å²) < 4.78 is 7.26. The Labute approximate surface area is 171 Å². The summed E-state index contributed by atoms with van der Waals surface area (Å²) in [4.78, 5) is 14.5. The molecule has 7 heteroatoms. The van der Waals surface area contributed by atoms with E-state index in [2.05, 4.69) is 23.8 Å². The van der Waals surface area contributed by atoms with Crippen molar-refractivity contribution in [2.45, 2.75) is 52.3 Å². The highest BCUT2D eigenvalue weighted by Crippen LogP contribution is 2.36. The van der Waals surface area contributed by atoms with E-state index in [4.69, 9.17) is 4.74 Å². The average molecular weight is 402 g/mol. The molecule has 1 aliphatic heterocycles. The summed E-state index contributed by atoms with van der Waals surface area (Å²) in [6.07, 6.45) is 2.68. The van der Waals surface area contributed by atoms with E-state index in [9.17, 15) is 15.0 Å². The van der Waals surface area contributed by atoms with Crippen molar-refractivity contribution in [1.82, 2.24) is 14.7 Å². The number of aliphatic hydroxyl groups is 1. The van der Waals surface area contributed by atoms with Gasteiger partial charge in [-0.2, -0.15) is 5.10 Å². The first-order valence-electron chi connectivity index (χ1n) is 10.2. The number of hydrogen-bond acceptors (Lipinski definition) is 5. The number of hydrogen-bond donors (Lipinski definition) is 2. The number of piperidine rings is 1. The van der Waals surface area contributed by atoms with Gasteiger partial charge in [0.25, 0.3) is 0 Å². The lowest BCUT2D eigenvalue weighted by Gasteiger charge is -2.43. The van der Waals surface area contributed by atoms with Crippen LogP contribution in [0.3, 0.4) is 0 Å². The molecule has 1 aromatic heterocycles. The van der Waals surface area contributed by atoms with E-state index in [1.54, 1.807) is 7.11 Å². The molecule has 2 aromatic rings. The summed E-state index contributed by atoms with van der Waals surface area (Å²) in [5.74, 6) is -0.278. The molecule has 3 rings (SSSR count). The van der Waals surface area contributed by atoms with Crippen LogP contribution in [-0.4, -0.2) is 57.2 Å². The Bertz CT molecular complexity index is 850. The van der Waals surface area contributed by atoms with E-state index in [1.807, 2.05) is 35.1 Å². The zero-order valence-electron chi connectivity index (χ0n) is 17.5. The average Bonchev–Trinajstić information content (AvgIpc) is 3.04. The molecule has 0 radical (unpaired) electrons. The summed E-state index contributed by atoms with van der Waals surface area (Å²) in [6, 6.07) is 7.41. The first kappa shape index (κ1) is 21.3. The van der Waals surface area contributed by atoms with Gasteiger partial charge in [0.2, 0.25) is 0 Å². The van der Waals surface area contributed by atoms with Gasteiger partial charge in [0.15, 0.2) is 0 Å².